The fraction of sp³-hybridized carbons (Fsp3) is 0.909. The second kappa shape index (κ2) is 2.96. The molecule has 1 aliphatic heterocycles. The number of hydrogen-bond donors (Lipinski definition) is 1. The van der Waals surface area contributed by atoms with Crippen molar-refractivity contribution in [1.82, 2.24) is 5.32 Å². The van der Waals surface area contributed by atoms with E-state index < -0.39 is 0 Å². The number of methoxy groups -OCH3 is 1. The fourth-order valence-corrected chi connectivity index (χ4v) is 3.51. The van der Waals surface area contributed by atoms with Crippen molar-refractivity contribution in [3.63, 3.8) is 0 Å². The van der Waals surface area contributed by atoms with Crippen LogP contribution in [0.4, 0.5) is 0 Å². The van der Waals surface area contributed by atoms with E-state index in [9.17, 15) is 4.79 Å². The van der Waals surface area contributed by atoms with E-state index in [0.717, 1.165) is 25.9 Å². The average molecular weight is 197 g/mol. The lowest BCUT2D eigenvalue weighted by atomic mass is 9.51. The Kier molecular flexibility index (Phi) is 2.11. The zero-order valence-electron chi connectivity index (χ0n) is 9.22. The van der Waals surface area contributed by atoms with E-state index >= 15 is 0 Å². The van der Waals surface area contributed by atoms with Crippen molar-refractivity contribution in [2.24, 2.45) is 16.7 Å². The quantitative estimate of drug-likeness (QED) is 0.642. The van der Waals surface area contributed by atoms with Gasteiger partial charge in [0.15, 0.2) is 0 Å². The lowest BCUT2D eigenvalue weighted by Crippen LogP contribution is -2.50. The largest absolute Gasteiger partial charge is 0.469 e. The first-order valence-corrected chi connectivity index (χ1v) is 5.28. The Labute approximate surface area is 85.2 Å². The van der Waals surface area contributed by atoms with Crippen LogP contribution in [-0.2, 0) is 9.53 Å². The van der Waals surface area contributed by atoms with E-state index in [1.165, 1.54) is 7.11 Å². The van der Waals surface area contributed by atoms with Crippen molar-refractivity contribution < 1.29 is 9.53 Å². The summed E-state index contributed by atoms with van der Waals surface area (Å²) < 4.78 is 4.85. The minimum absolute atomic E-state index is 0.0366. The fourth-order valence-electron chi connectivity index (χ4n) is 3.51. The Morgan fingerprint density at radius 2 is 2.07 bits per heavy atom. The molecule has 2 aliphatic rings. The predicted molar refractivity (Wildman–Crippen MR) is 53.8 cm³/mol. The van der Waals surface area contributed by atoms with Crippen molar-refractivity contribution in [2.45, 2.75) is 26.7 Å². The van der Waals surface area contributed by atoms with Crippen LogP contribution in [0, 0.1) is 16.7 Å². The van der Waals surface area contributed by atoms with Crippen molar-refractivity contribution in [1.29, 1.82) is 0 Å². The highest BCUT2D eigenvalue weighted by Crippen LogP contribution is 2.59. The highest BCUT2D eigenvalue weighted by molar-refractivity contribution is 5.74. The summed E-state index contributed by atoms with van der Waals surface area (Å²) in [4.78, 5) is 11.6. The van der Waals surface area contributed by atoms with Gasteiger partial charge in [0.1, 0.15) is 0 Å². The number of carbonyl (C=O) groups excluding carboxylic acids is 1. The lowest BCUT2D eigenvalue weighted by Gasteiger charge is -2.53. The summed E-state index contributed by atoms with van der Waals surface area (Å²) in [6.45, 7) is 6.31. The number of ether oxygens (including phenoxy) is 1. The molecule has 1 heterocycles. The molecule has 0 aromatic heterocycles. The van der Waals surface area contributed by atoms with Crippen LogP contribution in [0.1, 0.15) is 26.7 Å². The molecule has 80 valence electrons. The van der Waals surface area contributed by atoms with E-state index in [1.807, 2.05) is 0 Å². The summed E-state index contributed by atoms with van der Waals surface area (Å²) in [6, 6.07) is 0. The van der Waals surface area contributed by atoms with Gasteiger partial charge in [0, 0.05) is 13.1 Å². The standard InChI is InChI=1S/C11H19NO2/c1-10(2)5-11(6-10)7-12-4-8(11)9(13)14-3/h8,12H,4-7H2,1-3H3. The molecule has 2 fully saturated rings. The van der Waals surface area contributed by atoms with Crippen LogP contribution in [0.25, 0.3) is 0 Å². The molecule has 0 amide bonds. The maximum absolute atomic E-state index is 11.6. The maximum atomic E-state index is 11.6. The Morgan fingerprint density at radius 3 is 2.57 bits per heavy atom. The monoisotopic (exact) mass is 197 g/mol. The first-order chi connectivity index (χ1) is 6.49. The van der Waals surface area contributed by atoms with Gasteiger partial charge in [0.2, 0.25) is 0 Å². The number of esters is 1. The zero-order valence-corrected chi connectivity index (χ0v) is 9.22. The van der Waals surface area contributed by atoms with Crippen molar-refractivity contribution in [3.8, 4) is 0 Å². The highest BCUT2D eigenvalue weighted by Gasteiger charge is 2.58. The second-order valence-corrected chi connectivity index (χ2v) is 5.59. The third kappa shape index (κ3) is 1.34. The summed E-state index contributed by atoms with van der Waals surface area (Å²) in [6.07, 6.45) is 2.29. The molecular formula is C11H19NO2. The van der Waals surface area contributed by atoms with Gasteiger partial charge in [-0.05, 0) is 23.7 Å². The summed E-state index contributed by atoms with van der Waals surface area (Å²) in [5.41, 5.74) is 0.620. The highest BCUT2D eigenvalue weighted by atomic mass is 16.5. The lowest BCUT2D eigenvalue weighted by molar-refractivity contribution is -0.154. The molecule has 1 unspecified atom stereocenters. The number of hydrogen-bond acceptors (Lipinski definition) is 3. The van der Waals surface area contributed by atoms with Gasteiger partial charge in [-0.3, -0.25) is 4.79 Å². The Bertz CT molecular complexity index is 252. The predicted octanol–water partition coefficient (Wildman–Crippen LogP) is 1.19. The molecule has 3 nitrogen and oxygen atoms in total. The Morgan fingerprint density at radius 1 is 1.43 bits per heavy atom. The first-order valence-electron chi connectivity index (χ1n) is 5.28. The Balaban J connectivity index is 2.09. The summed E-state index contributed by atoms with van der Waals surface area (Å²) in [5, 5.41) is 3.32. The molecule has 1 saturated carbocycles. The van der Waals surface area contributed by atoms with Crippen molar-refractivity contribution >= 4 is 5.97 Å². The van der Waals surface area contributed by atoms with Gasteiger partial charge in [-0.1, -0.05) is 13.8 Å². The number of nitrogens with one attached hydrogen (secondary N) is 1. The molecular weight excluding hydrogens is 178 g/mol. The van der Waals surface area contributed by atoms with Gasteiger partial charge in [-0.25, -0.2) is 0 Å². The normalized spacial score (nSPS) is 32.6. The van der Waals surface area contributed by atoms with Gasteiger partial charge in [0.05, 0.1) is 13.0 Å². The van der Waals surface area contributed by atoms with Gasteiger partial charge in [-0.15, -0.1) is 0 Å². The molecule has 1 N–H and O–H groups in total. The minimum atomic E-state index is -0.0366. The molecule has 1 atom stereocenters. The topological polar surface area (TPSA) is 38.3 Å². The molecule has 1 saturated heterocycles. The van der Waals surface area contributed by atoms with Gasteiger partial charge in [0.25, 0.3) is 0 Å². The molecule has 0 aromatic rings. The van der Waals surface area contributed by atoms with Crippen molar-refractivity contribution in [3.05, 3.63) is 0 Å². The van der Waals surface area contributed by atoms with Crippen LogP contribution < -0.4 is 5.32 Å². The van der Waals surface area contributed by atoms with Crippen molar-refractivity contribution in [2.75, 3.05) is 20.2 Å². The van der Waals surface area contributed by atoms with Gasteiger partial charge < -0.3 is 10.1 Å². The van der Waals surface area contributed by atoms with Crippen LogP contribution >= 0.6 is 0 Å². The molecule has 0 radical (unpaired) electrons. The van der Waals surface area contributed by atoms with E-state index in [0.29, 0.717) is 5.41 Å². The van der Waals surface area contributed by atoms with E-state index in [1.54, 1.807) is 0 Å². The summed E-state index contributed by atoms with van der Waals surface area (Å²) >= 11 is 0. The van der Waals surface area contributed by atoms with E-state index in [-0.39, 0.29) is 17.3 Å². The molecule has 2 rings (SSSR count). The third-order valence-corrected chi connectivity index (χ3v) is 3.71. The van der Waals surface area contributed by atoms with E-state index in [2.05, 4.69) is 19.2 Å². The van der Waals surface area contributed by atoms with Gasteiger partial charge >= 0.3 is 5.97 Å². The van der Waals surface area contributed by atoms with Crippen LogP contribution in [-0.4, -0.2) is 26.2 Å². The average Bonchev–Trinajstić information content (AvgIpc) is 2.45. The molecule has 0 bridgehead atoms. The van der Waals surface area contributed by atoms with E-state index in [4.69, 9.17) is 4.74 Å². The van der Waals surface area contributed by atoms with Crippen LogP contribution in [0.3, 0.4) is 0 Å². The molecule has 14 heavy (non-hydrogen) atoms. The minimum Gasteiger partial charge on any atom is -0.469 e. The molecule has 1 spiro atoms. The van der Waals surface area contributed by atoms with Crippen LogP contribution in [0.5, 0.6) is 0 Å². The summed E-state index contributed by atoms with van der Waals surface area (Å²) in [5.74, 6) is 0.0472. The van der Waals surface area contributed by atoms with Gasteiger partial charge in [-0.2, -0.15) is 0 Å². The Hall–Kier alpha value is -0.570. The van der Waals surface area contributed by atoms with Crippen LogP contribution in [0.2, 0.25) is 0 Å². The molecule has 3 heteroatoms. The second-order valence-electron chi connectivity index (χ2n) is 5.59. The SMILES string of the molecule is COC(=O)C1CNCC12CC(C)(C)C2. The van der Waals surface area contributed by atoms with Crippen LogP contribution in [0.15, 0.2) is 0 Å². The molecule has 0 aromatic carbocycles. The molecule has 1 aliphatic carbocycles. The smallest absolute Gasteiger partial charge is 0.310 e. The maximum Gasteiger partial charge on any atom is 0.310 e. The number of carbonyl (C=O) groups is 1. The third-order valence-electron chi connectivity index (χ3n) is 3.71. The number of rotatable bonds is 1. The summed E-state index contributed by atoms with van der Waals surface area (Å²) in [7, 11) is 1.48. The first kappa shape index (κ1) is 9.97. The zero-order chi connectivity index (χ0) is 10.4.